The third-order valence-corrected chi connectivity index (χ3v) is 3.60. The number of aliphatic carboxylic acids is 1. The number of hydrogen-bond acceptors (Lipinski definition) is 5. The van der Waals surface area contributed by atoms with E-state index in [0.717, 1.165) is 0 Å². The smallest absolute Gasteiger partial charge is 0.323 e. The minimum Gasteiger partial charge on any atom is -0.480 e. The zero-order valence-corrected chi connectivity index (χ0v) is 14.1. The van der Waals surface area contributed by atoms with Crippen LogP contribution in [-0.2, 0) is 16.0 Å². The number of rotatable bonds is 8. The SMILES string of the molecule is CC(C)N(CC(=O)O)C(=O)CCCc1nc(-c2ccc(F)cc2)no1. The molecule has 0 aliphatic rings. The Balaban J connectivity index is 1.88. The molecule has 2 aromatic rings. The fraction of sp³-hybridized carbons (Fsp3) is 0.412. The van der Waals surface area contributed by atoms with Crippen molar-refractivity contribution in [3.05, 3.63) is 36.0 Å². The molecule has 2 rings (SSSR count). The Morgan fingerprint density at radius 3 is 2.56 bits per heavy atom. The summed E-state index contributed by atoms with van der Waals surface area (Å²) in [5.74, 6) is -0.877. The molecular formula is C17H20FN3O4. The molecule has 1 aromatic carbocycles. The van der Waals surface area contributed by atoms with Gasteiger partial charge in [0.1, 0.15) is 12.4 Å². The largest absolute Gasteiger partial charge is 0.480 e. The molecule has 0 unspecified atom stereocenters. The van der Waals surface area contributed by atoms with Crippen LogP contribution in [0.2, 0.25) is 0 Å². The van der Waals surface area contributed by atoms with Crippen LogP contribution in [0.5, 0.6) is 0 Å². The average Bonchev–Trinajstić information content (AvgIpc) is 3.01. The molecule has 7 nitrogen and oxygen atoms in total. The van der Waals surface area contributed by atoms with Crippen LogP contribution in [-0.4, -0.2) is 44.6 Å². The number of carboxylic acids is 1. The van der Waals surface area contributed by atoms with E-state index in [4.69, 9.17) is 9.63 Å². The molecule has 0 bridgehead atoms. The summed E-state index contributed by atoms with van der Waals surface area (Å²) in [5, 5.41) is 12.7. The standard InChI is InChI=1S/C17H20FN3O4/c1-11(2)21(10-16(23)24)15(22)5-3-4-14-19-17(20-25-14)12-6-8-13(18)9-7-12/h6-9,11H,3-5,10H2,1-2H3,(H,23,24). The third kappa shape index (κ3) is 5.37. The first-order valence-electron chi connectivity index (χ1n) is 7.96. The second kappa shape index (κ2) is 8.36. The van der Waals surface area contributed by atoms with Gasteiger partial charge in [-0.3, -0.25) is 9.59 Å². The maximum Gasteiger partial charge on any atom is 0.323 e. The summed E-state index contributed by atoms with van der Waals surface area (Å²) in [6.07, 6.45) is 1.06. The Labute approximate surface area is 144 Å². The summed E-state index contributed by atoms with van der Waals surface area (Å²) in [6.45, 7) is 3.23. The van der Waals surface area contributed by atoms with E-state index in [2.05, 4.69) is 10.1 Å². The first-order chi connectivity index (χ1) is 11.9. The molecule has 0 aliphatic heterocycles. The van der Waals surface area contributed by atoms with Crippen LogP contribution in [0.4, 0.5) is 4.39 Å². The second-order valence-electron chi connectivity index (χ2n) is 5.88. The second-order valence-corrected chi connectivity index (χ2v) is 5.88. The fourth-order valence-electron chi connectivity index (χ4n) is 2.31. The van der Waals surface area contributed by atoms with Crippen LogP contribution in [0, 0.1) is 5.82 Å². The quantitative estimate of drug-likeness (QED) is 0.786. The van der Waals surface area contributed by atoms with E-state index >= 15 is 0 Å². The van der Waals surface area contributed by atoms with Gasteiger partial charge in [0.15, 0.2) is 0 Å². The zero-order valence-electron chi connectivity index (χ0n) is 14.1. The van der Waals surface area contributed by atoms with Gasteiger partial charge in [0, 0.05) is 24.4 Å². The number of carbonyl (C=O) groups is 2. The van der Waals surface area contributed by atoms with Crippen molar-refractivity contribution >= 4 is 11.9 Å². The van der Waals surface area contributed by atoms with Crippen LogP contribution < -0.4 is 0 Å². The summed E-state index contributed by atoms with van der Waals surface area (Å²) in [7, 11) is 0. The van der Waals surface area contributed by atoms with Crippen LogP contribution >= 0.6 is 0 Å². The van der Waals surface area contributed by atoms with E-state index in [9.17, 15) is 14.0 Å². The molecule has 1 N–H and O–H groups in total. The number of amides is 1. The van der Waals surface area contributed by atoms with Gasteiger partial charge in [-0.2, -0.15) is 4.98 Å². The van der Waals surface area contributed by atoms with Crippen LogP contribution in [0.15, 0.2) is 28.8 Å². The lowest BCUT2D eigenvalue weighted by molar-refractivity contribution is -0.145. The van der Waals surface area contributed by atoms with Crippen LogP contribution in [0.25, 0.3) is 11.4 Å². The number of nitrogens with zero attached hydrogens (tertiary/aromatic N) is 3. The zero-order chi connectivity index (χ0) is 18.4. The van der Waals surface area contributed by atoms with Gasteiger partial charge in [-0.15, -0.1) is 0 Å². The normalized spacial score (nSPS) is 10.9. The van der Waals surface area contributed by atoms with Crippen LogP contribution in [0.3, 0.4) is 0 Å². The molecular weight excluding hydrogens is 329 g/mol. The van der Waals surface area contributed by atoms with Crippen molar-refractivity contribution < 1.29 is 23.6 Å². The number of carboxylic acid groups (broad SMARTS) is 1. The maximum atomic E-state index is 12.9. The van der Waals surface area contributed by atoms with Crippen molar-refractivity contribution in [2.24, 2.45) is 0 Å². The third-order valence-electron chi connectivity index (χ3n) is 3.60. The molecule has 1 heterocycles. The first kappa shape index (κ1) is 18.6. The van der Waals surface area contributed by atoms with Crippen molar-refractivity contribution in [2.75, 3.05) is 6.54 Å². The summed E-state index contributed by atoms with van der Waals surface area (Å²) in [6, 6.07) is 5.55. The predicted molar refractivity (Wildman–Crippen MR) is 87.1 cm³/mol. The van der Waals surface area contributed by atoms with E-state index in [1.54, 1.807) is 26.0 Å². The van der Waals surface area contributed by atoms with Gasteiger partial charge < -0.3 is 14.5 Å². The summed E-state index contributed by atoms with van der Waals surface area (Å²) in [4.78, 5) is 28.5. The van der Waals surface area contributed by atoms with E-state index in [0.29, 0.717) is 30.1 Å². The Morgan fingerprint density at radius 2 is 1.96 bits per heavy atom. The minimum atomic E-state index is -1.04. The highest BCUT2D eigenvalue weighted by Crippen LogP contribution is 2.17. The van der Waals surface area contributed by atoms with E-state index < -0.39 is 5.97 Å². The van der Waals surface area contributed by atoms with E-state index in [1.807, 2.05) is 0 Å². The molecule has 1 amide bonds. The van der Waals surface area contributed by atoms with Crippen molar-refractivity contribution in [1.82, 2.24) is 15.0 Å². The molecule has 0 saturated carbocycles. The molecule has 0 spiro atoms. The molecule has 134 valence electrons. The van der Waals surface area contributed by atoms with Crippen LogP contribution in [0.1, 0.15) is 32.6 Å². The molecule has 0 saturated heterocycles. The van der Waals surface area contributed by atoms with Crippen molar-refractivity contribution in [2.45, 2.75) is 39.2 Å². The van der Waals surface area contributed by atoms with Gasteiger partial charge in [-0.25, -0.2) is 4.39 Å². The number of aryl methyl sites for hydroxylation is 1. The van der Waals surface area contributed by atoms with Gasteiger partial charge in [-0.1, -0.05) is 5.16 Å². The molecule has 25 heavy (non-hydrogen) atoms. The molecule has 0 radical (unpaired) electrons. The topological polar surface area (TPSA) is 96.5 Å². The van der Waals surface area contributed by atoms with Gasteiger partial charge in [-0.05, 0) is 44.5 Å². The molecule has 0 fully saturated rings. The maximum absolute atomic E-state index is 12.9. The van der Waals surface area contributed by atoms with Crippen molar-refractivity contribution in [3.63, 3.8) is 0 Å². The Bertz CT molecular complexity index is 728. The van der Waals surface area contributed by atoms with Gasteiger partial charge >= 0.3 is 5.97 Å². The first-order valence-corrected chi connectivity index (χ1v) is 7.96. The summed E-state index contributed by atoms with van der Waals surface area (Å²) < 4.78 is 18.0. The predicted octanol–water partition coefficient (Wildman–Crippen LogP) is 2.52. The van der Waals surface area contributed by atoms with Gasteiger partial charge in [0.25, 0.3) is 0 Å². The van der Waals surface area contributed by atoms with Gasteiger partial charge in [0.2, 0.25) is 17.6 Å². The number of hydrogen-bond donors (Lipinski definition) is 1. The fourth-order valence-corrected chi connectivity index (χ4v) is 2.31. The lowest BCUT2D eigenvalue weighted by atomic mass is 10.2. The lowest BCUT2D eigenvalue weighted by Crippen LogP contribution is -2.40. The highest BCUT2D eigenvalue weighted by atomic mass is 19.1. The highest BCUT2D eigenvalue weighted by Gasteiger charge is 2.19. The Kier molecular flexibility index (Phi) is 6.21. The average molecular weight is 349 g/mol. The minimum absolute atomic E-state index is 0.183. The monoisotopic (exact) mass is 349 g/mol. The highest BCUT2D eigenvalue weighted by molar-refractivity contribution is 5.81. The Morgan fingerprint density at radius 1 is 1.28 bits per heavy atom. The number of aromatic nitrogens is 2. The molecule has 0 aliphatic carbocycles. The molecule has 1 aromatic heterocycles. The summed E-state index contributed by atoms with van der Waals surface area (Å²) in [5.41, 5.74) is 0.639. The van der Waals surface area contributed by atoms with E-state index in [-0.39, 0.29) is 30.7 Å². The summed E-state index contributed by atoms with van der Waals surface area (Å²) >= 11 is 0. The number of carbonyl (C=O) groups excluding carboxylic acids is 1. The number of benzene rings is 1. The molecule has 8 heteroatoms. The van der Waals surface area contributed by atoms with Crippen molar-refractivity contribution in [1.29, 1.82) is 0 Å². The van der Waals surface area contributed by atoms with Crippen molar-refractivity contribution in [3.8, 4) is 11.4 Å². The van der Waals surface area contributed by atoms with E-state index in [1.165, 1.54) is 17.0 Å². The lowest BCUT2D eigenvalue weighted by Gasteiger charge is -2.24. The van der Waals surface area contributed by atoms with Gasteiger partial charge in [0.05, 0.1) is 0 Å². The Hall–Kier alpha value is -2.77. The number of halogens is 1. The molecule has 0 atom stereocenters.